The van der Waals surface area contributed by atoms with Gasteiger partial charge in [-0.2, -0.15) is 0 Å². The van der Waals surface area contributed by atoms with E-state index in [1.807, 2.05) is 0 Å². The first-order valence-electron chi connectivity index (χ1n) is 6.41. The first-order valence-corrected chi connectivity index (χ1v) is 6.41. The highest BCUT2D eigenvalue weighted by Crippen LogP contribution is 2.07. The molecule has 0 heterocycles. The molecule has 0 unspecified atom stereocenters. The van der Waals surface area contributed by atoms with Crippen molar-refractivity contribution in [1.29, 1.82) is 0 Å². The number of carbonyl (C=O) groups excluding carboxylic acids is 1. The number of methoxy groups -OCH3 is 1. The number of hydrogen-bond acceptors (Lipinski definition) is 6. The van der Waals surface area contributed by atoms with Crippen LogP contribution in [0.3, 0.4) is 0 Å². The number of nitrogen functional groups attached to an aromatic ring is 1. The molecule has 0 amide bonds. The van der Waals surface area contributed by atoms with Gasteiger partial charge in [-0.25, -0.2) is 4.79 Å². The third kappa shape index (κ3) is 7.08. The summed E-state index contributed by atoms with van der Waals surface area (Å²) in [5.74, 6) is -0.405. The lowest BCUT2D eigenvalue weighted by molar-refractivity contribution is 0.00570. The Morgan fingerprint density at radius 1 is 1.05 bits per heavy atom. The molecule has 0 aliphatic heterocycles. The van der Waals surface area contributed by atoms with Gasteiger partial charge in [0.2, 0.25) is 0 Å². The van der Waals surface area contributed by atoms with E-state index < -0.39 is 5.97 Å². The standard InChI is InChI=1S/C14H21NO5/c1-17-5-6-18-7-8-19-9-10-20-14(16)12-3-2-4-13(15)11-12/h2-4,11H,5-10,15H2,1H3. The van der Waals surface area contributed by atoms with Crippen LogP contribution in [0.5, 0.6) is 0 Å². The zero-order valence-corrected chi connectivity index (χ0v) is 11.7. The van der Waals surface area contributed by atoms with Crippen LogP contribution in [0.4, 0.5) is 5.69 Å². The van der Waals surface area contributed by atoms with Gasteiger partial charge in [-0.05, 0) is 18.2 Å². The molecule has 20 heavy (non-hydrogen) atoms. The van der Waals surface area contributed by atoms with Crippen molar-refractivity contribution in [3.8, 4) is 0 Å². The fourth-order valence-electron chi connectivity index (χ4n) is 1.41. The summed E-state index contributed by atoms with van der Waals surface area (Å²) in [7, 11) is 1.62. The fourth-order valence-corrected chi connectivity index (χ4v) is 1.41. The lowest BCUT2D eigenvalue weighted by Gasteiger charge is -2.07. The van der Waals surface area contributed by atoms with Gasteiger partial charge in [0.25, 0.3) is 0 Å². The Bertz CT molecular complexity index is 397. The quantitative estimate of drug-likeness (QED) is 0.393. The maximum absolute atomic E-state index is 11.6. The minimum absolute atomic E-state index is 0.200. The Morgan fingerprint density at radius 2 is 1.70 bits per heavy atom. The van der Waals surface area contributed by atoms with E-state index in [1.54, 1.807) is 31.4 Å². The largest absolute Gasteiger partial charge is 0.460 e. The number of hydrogen-bond donors (Lipinski definition) is 1. The second-order valence-electron chi connectivity index (χ2n) is 3.98. The zero-order chi connectivity index (χ0) is 14.6. The molecule has 0 aromatic heterocycles. The summed E-state index contributed by atoms with van der Waals surface area (Å²) < 4.78 is 20.3. The third-order valence-electron chi connectivity index (χ3n) is 2.39. The van der Waals surface area contributed by atoms with Gasteiger partial charge in [0.15, 0.2) is 0 Å². The van der Waals surface area contributed by atoms with Crippen molar-refractivity contribution in [2.24, 2.45) is 0 Å². The molecule has 112 valence electrons. The summed E-state index contributed by atoms with van der Waals surface area (Å²) in [6, 6.07) is 6.65. The Balaban J connectivity index is 2.02. The summed E-state index contributed by atoms with van der Waals surface area (Å²) in [5.41, 5.74) is 6.55. The first kappa shape index (κ1) is 16.4. The predicted molar refractivity (Wildman–Crippen MR) is 74.7 cm³/mol. The summed E-state index contributed by atoms with van der Waals surface area (Å²) in [6.07, 6.45) is 0. The van der Waals surface area contributed by atoms with Gasteiger partial charge in [-0.3, -0.25) is 0 Å². The van der Waals surface area contributed by atoms with Crippen LogP contribution in [0.15, 0.2) is 24.3 Å². The van der Waals surface area contributed by atoms with Crippen molar-refractivity contribution in [3.63, 3.8) is 0 Å². The van der Waals surface area contributed by atoms with Gasteiger partial charge in [-0.1, -0.05) is 6.07 Å². The Kier molecular flexibility index (Phi) is 8.37. The Hall–Kier alpha value is -1.63. The molecule has 0 aliphatic rings. The molecule has 0 bridgehead atoms. The van der Waals surface area contributed by atoms with Gasteiger partial charge in [0.1, 0.15) is 6.61 Å². The summed E-state index contributed by atoms with van der Waals surface area (Å²) >= 11 is 0. The van der Waals surface area contributed by atoms with E-state index in [2.05, 4.69) is 0 Å². The van der Waals surface area contributed by atoms with Crippen LogP contribution in [0.2, 0.25) is 0 Å². The van der Waals surface area contributed by atoms with E-state index in [0.29, 0.717) is 44.3 Å². The number of nitrogens with two attached hydrogens (primary N) is 1. The summed E-state index contributed by atoms with van der Waals surface area (Å²) in [4.78, 5) is 11.6. The molecular formula is C14H21NO5. The van der Waals surface area contributed by atoms with Gasteiger partial charge >= 0.3 is 5.97 Å². The van der Waals surface area contributed by atoms with Gasteiger partial charge in [-0.15, -0.1) is 0 Å². The summed E-state index contributed by atoms with van der Waals surface area (Å²) in [5, 5.41) is 0. The van der Waals surface area contributed by atoms with E-state index in [4.69, 9.17) is 24.7 Å². The van der Waals surface area contributed by atoms with Crippen molar-refractivity contribution in [2.45, 2.75) is 0 Å². The molecule has 0 radical (unpaired) electrons. The van der Waals surface area contributed by atoms with Crippen LogP contribution in [0.1, 0.15) is 10.4 Å². The highest BCUT2D eigenvalue weighted by Gasteiger charge is 2.06. The number of anilines is 1. The van der Waals surface area contributed by atoms with E-state index >= 15 is 0 Å². The molecule has 1 aromatic carbocycles. The molecule has 0 saturated carbocycles. The number of carbonyl (C=O) groups is 1. The Morgan fingerprint density at radius 3 is 2.35 bits per heavy atom. The van der Waals surface area contributed by atoms with Crippen molar-refractivity contribution >= 4 is 11.7 Å². The molecule has 0 atom stereocenters. The fraction of sp³-hybridized carbons (Fsp3) is 0.500. The second kappa shape index (κ2) is 10.2. The molecule has 0 saturated heterocycles. The number of rotatable bonds is 10. The van der Waals surface area contributed by atoms with Crippen LogP contribution < -0.4 is 5.73 Å². The van der Waals surface area contributed by atoms with E-state index in [1.165, 1.54) is 0 Å². The zero-order valence-electron chi connectivity index (χ0n) is 11.7. The maximum Gasteiger partial charge on any atom is 0.338 e. The molecule has 2 N–H and O–H groups in total. The predicted octanol–water partition coefficient (Wildman–Crippen LogP) is 1.11. The Labute approximate surface area is 118 Å². The van der Waals surface area contributed by atoms with Crippen molar-refractivity contribution in [1.82, 2.24) is 0 Å². The average Bonchev–Trinajstić information content (AvgIpc) is 2.45. The maximum atomic E-state index is 11.6. The van der Waals surface area contributed by atoms with E-state index in [9.17, 15) is 4.79 Å². The van der Waals surface area contributed by atoms with Gasteiger partial charge < -0.3 is 24.7 Å². The van der Waals surface area contributed by atoms with Crippen LogP contribution >= 0.6 is 0 Å². The third-order valence-corrected chi connectivity index (χ3v) is 2.39. The second-order valence-corrected chi connectivity index (χ2v) is 3.98. The minimum atomic E-state index is -0.405. The van der Waals surface area contributed by atoms with Crippen molar-refractivity contribution in [3.05, 3.63) is 29.8 Å². The smallest absolute Gasteiger partial charge is 0.338 e. The molecular weight excluding hydrogens is 262 g/mol. The minimum Gasteiger partial charge on any atom is -0.460 e. The van der Waals surface area contributed by atoms with Crippen LogP contribution in [-0.2, 0) is 18.9 Å². The van der Waals surface area contributed by atoms with Gasteiger partial charge in [0, 0.05) is 12.8 Å². The van der Waals surface area contributed by atoms with E-state index in [0.717, 1.165) is 0 Å². The molecule has 0 spiro atoms. The highest BCUT2D eigenvalue weighted by molar-refractivity contribution is 5.90. The molecule has 1 rings (SSSR count). The molecule has 6 heteroatoms. The van der Waals surface area contributed by atoms with Crippen LogP contribution in [0, 0.1) is 0 Å². The lowest BCUT2D eigenvalue weighted by atomic mass is 10.2. The van der Waals surface area contributed by atoms with Crippen molar-refractivity contribution in [2.75, 3.05) is 52.5 Å². The number of ether oxygens (including phenoxy) is 4. The molecule has 0 aliphatic carbocycles. The molecule has 0 fully saturated rings. The molecule has 1 aromatic rings. The lowest BCUT2D eigenvalue weighted by Crippen LogP contribution is -2.14. The highest BCUT2D eigenvalue weighted by atomic mass is 16.6. The van der Waals surface area contributed by atoms with Crippen LogP contribution in [0.25, 0.3) is 0 Å². The van der Waals surface area contributed by atoms with Gasteiger partial charge in [0.05, 0.1) is 38.6 Å². The summed E-state index contributed by atoms with van der Waals surface area (Å²) in [6.45, 7) is 2.60. The van der Waals surface area contributed by atoms with E-state index in [-0.39, 0.29) is 6.61 Å². The van der Waals surface area contributed by atoms with Crippen LogP contribution in [-0.4, -0.2) is 52.7 Å². The molecule has 6 nitrogen and oxygen atoms in total. The topological polar surface area (TPSA) is 80.0 Å². The normalized spacial score (nSPS) is 10.4. The SMILES string of the molecule is COCCOCCOCCOC(=O)c1cccc(N)c1. The monoisotopic (exact) mass is 283 g/mol. The number of benzene rings is 1. The van der Waals surface area contributed by atoms with Crippen molar-refractivity contribution < 1.29 is 23.7 Å². The average molecular weight is 283 g/mol. The number of esters is 1. The first-order chi connectivity index (χ1) is 9.74.